The Labute approximate surface area is 74.6 Å². The van der Waals surface area contributed by atoms with E-state index in [1.807, 2.05) is 0 Å². The molecule has 0 N–H and O–H groups in total. The zero-order valence-corrected chi connectivity index (χ0v) is 8.25. The molecule has 0 nitrogen and oxygen atoms in total. The molecule has 0 aromatic rings. The third-order valence-electron chi connectivity index (χ3n) is 2.42. The smallest absolute Gasteiger partial charge is 0.0406 e. The summed E-state index contributed by atoms with van der Waals surface area (Å²) in [4.78, 5) is 0. The molecule has 0 bridgehead atoms. The molecule has 0 aromatic carbocycles. The lowest BCUT2D eigenvalue weighted by Crippen LogP contribution is -2.17. The first-order valence-corrected chi connectivity index (χ1v) is 4.91. The van der Waals surface area contributed by atoms with Crippen molar-refractivity contribution < 1.29 is 0 Å². The van der Waals surface area contributed by atoms with Gasteiger partial charge in [-0.2, -0.15) is 0 Å². The van der Waals surface area contributed by atoms with Crippen LogP contribution in [-0.2, 0) is 0 Å². The molecule has 0 amide bonds. The Morgan fingerprint density at radius 1 is 1.55 bits per heavy atom. The minimum absolute atomic E-state index is 0.524. The first-order valence-electron chi connectivity index (χ1n) is 4.38. The van der Waals surface area contributed by atoms with Crippen LogP contribution in [0.1, 0.15) is 39.5 Å². The zero-order valence-electron chi connectivity index (χ0n) is 7.49. The second-order valence-electron chi connectivity index (χ2n) is 4.21. The van der Waals surface area contributed by atoms with Crippen LogP contribution in [0.15, 0.2) is 11.6 Å². The lowest BCUT2D eigenvalue weighted by atomic mass is 9.75. The molecule has 1 saturated carbocycles. The molecular formula is C10H17Cl. The maximum absolute atomic E-state index is 5.65. The van der Waals surface area contributed by atoms with Gasteiger partial charge in [-0.1, -0.05) is 25.5 Å². The summed E-state index contributed by atoms with van der Waals surface area (Å²) >= 11 is 5.65. The molecule has 0 unspecified atom stereocenters. The summed E-state index contributed by atoms with van der Waals surface area (Å²) in [6.07, 6.45) is 7.42. The molecule has 0 aliphatic heterocycles. The van der Waals surface area contributed by atoms with E-state index in [1.165, 1.54) is 25.7 Å². The largest absolute Gasteiger partial charge is 0.122 e. The summed E-state index contributed by atoms with van der Waals surface area (Å²) in [5.41, 5.74) is 2.09. The van der Waals surface area contributed by atoms with Crippen molar-refractivity contribution in [1.29, 1.82) is 0 Å². The van der Waals surface area contributed by atoms with Gasteiger partial charge in [-0.25, -0.2) is 0 Å². The van der Waals surface area contributed by atoms with E-state index in [2.05, 4.69) is 19.9 Å². The van der Waals surface area contributed by atoms with Crippen molar-refractivity contribution in [2.75, 3.05) is 5.88 Å². The van der Waals surface area contributed by atoms with Gasteiger partial charge in [-0.15, -0.1) is 11.6 Å². The van der Waals surface area contributed by atoms with Crippen molar-refractivity contribution in [2.45, 2.75) is 39.5 Å². The molecule has 11 heavy (non-hydrogen) atoms. The maximum atomic E-state index is 5.65. The SMILES string of the molecule is CC1(C)CCC/C(=C/CCl)C1. The normalized spacial score (nSPS) is 27.4. The van der Waals surface area contributed by atoms with Crippen LogP contribution in [0.3, 0.4) is 0 Å². The van der Waals surface area contributed by atoms with Crippen molar-refractivity contribution in [1.82, 2.24) is 0 Å². The highest BCUT2D eigenvalue weighted by atomic mass is 35.5. The van der Waals surface area contributed by atoms with Crippen LogP contribution in [0, 0.1) is 5.41 Å². The summed E-state index contributed by atoms with van der Waals surface area (Å²) in [5.74, 6) is 0.686. The summed E-state index contributed by atoms with van der Waals surface area (Å²) in [6.45, 7) is 4.68. The van der Waals surface area contributed by atoms with E-state index < -0.39 is 0 Å². The van der Waals surface area contributed by atoms with Crippen LogP contribution in [0.4, 0.5) is 0 Å². The van der Waals surface area contributed by atoms with Crippen LogP contribution < -0.4 is 0 Å². The molecule has 0 heterocycles. The number of hydrogen-bond donors (Lipinski definition) is 0. The van der Waals surface area contributed by atoms with E-state index in [-0.39, 0.29) is 0 Å². The summed E-state index contributed by atoms with van der Waals surface area (Å²) in [5, 5.41) is 0. The standard InChI is InChI=1S/C10H17Cl/c1-10(2)6-3-4-9(8-10)5-7-11/h5H,3-4,6-8H2,1-2H3/b9-5-. The van der Waals surface area contributed by atoms with Crippen LogP contribution in [-0.4, -0.2) is 5.88 Å². The van der Waals surface area contributed by atoms with Gasteiger partial charge in [-0.05, 0) is 31.1 Å². The Morgan fingerprint density at radius 3 is 2.82 bits per heavy atom. The van der Waals surface area contributed by atoms with Crippen molar-refractivity contribution in [2.24, 2.45) is 5.41 Å². The van der Waals surface area contributed by atoms with Gasteiger partial charge in [-0.3, -0.25) is 0 Å². The molecule has 1 fully saturated rings. The molecule has 1 aliphatic rings. The van der Waals surface area contributed by atoms with Crippen molar-refractivity contribution in [3.63, 3.8) is 0 Å². The van der Waals surface area contributed by atoms with Crippen LogP contribution in [0.25, 0.3) is 0 Å². The monoisotopic (exact) mass is 172 g/mol. The molecule has 0 aromatic heterocycles. The summed E-state index contributed by atoms with van der Waals surface area (Å²) in [7, 11) is 0. The average Bonchev–Trinajstić information content (AvgIpc) is 1.85. The summed E-state index contributed by atoms with van der Waals surface area (Å²) in [6, 6.07) is 0. The van der Waals surface area contributed by atoms with E-state index >= 15 is 0 Å². The van der Waals surface area contributed by atoms with Gasteiger partial charge >= 0.3 is 0 Å². The molecule has 1 aliphatic carbocycles. The van der Waals surface area contributed by atoms with Crippen LogP contribution in [0.2, 0.25) is 0 Å². The van der Waals surface area contributed by atoms with Crippen LogP contribution in [0.5, 0.6) is 0 Å². The highest BCUT2D eigenvalue weighted by molar-refractivity contribution is 6.18. The molecule has 0 radical (unpaired) electrons. The second kappa shape index (κ2) is 3.62. The van der Waals surface area contributed by atoms with Gasteiger partial charge < -0.3 is 0 Å². The summed E-state index contributed by atoms with van der Waals surface area (Å²) < 4.78 is 0. The minimum atomic E-state index is 0.524. The molecule has 0 saturated heterocycles. The third-order valence-corrected chi connectivity index (χ3v) is 2.58. The zero-order chi connectivity index (χ0) is 8.32. The minimum Gasteiger partial charge on any atom is -0.122 e. The predicted octanol–water partition coefficient (Wildman–Crippen LogP) is 3.75. The lowest BCUT2D eigenvalue weighted by Gasteiger charge is -2.31. The van der Waals surface area contributed by atoms with Crippen molar-refractivity contribution in [3.05, 3.63) is 11.6 Å². The maximum Gasteiger partial charge on any atom is 0.0406 e. The number of alkyl halides is 1. The fourth-order valence-electron chi connectivity index (χ4n) is 1.87. The number of allylic oxidation sites excluding steroid dienone is 2. The number of rotatable bonds is 1. The quantitative estimate of drug-likeness (QED) is 0.418. The Hall–Kier alpha value is 0.0300. The molecule has 0 spiro atoms. The average molecular weight is 173 g/mol. The van der Waals surface area contributed by atoms with E-state index in [4.69, 9.17) is 11.6 Å². The number of hydrogen-bond acceptors (Lipinski definition) is 0. The van der Waals surface area contributed by atoms with Crippen molar-refractivity contribution >= 4 is 11.6 Å². The topological polar surface area (TPSA) is 0 Å². The Morgan fingerprint density at radius 2 is 2.27 bits per heavy atom. The van der Waals surface area contributed by atoms with Gasteiger partial charge in [0.1, 0.15) is 0 Å². The Balaban J connectivity index is 2.53. The predicted molar refractivity (Wildman–Crippen MR) is 51.1 cm³/mol. The lowest BCUT2D eigenvalue weighted by molar-refractivity contribution is 0.289. The fraction of sp³-hybridized carbons (Fsp3) is 0.800. The fourth-order valence-corrected chi connectivity index (χ4v) is 2.09. The van der Waals surface area contributed by atoms with Gasteiger partial charge in [0.15, 0.2) is 0 Å². The third kappa shape index (κ3) is 2.86. The van der Waals surface area contributed by atoms with Crippen molar-refractivity contribution in [3.8, 4) is 0 Å². The van der Waals surface area contributed by atoms with Gasteiger partial charge in [0.25, 0.3) is 0 Å². The molecule has 0 atom stereocenters. The second-order valence-corrected chi connectivity index (χ2v) is 4.52. The molecule has 1 heteroatoms. The molecular weight excluding hydrogens is 156 g/mol. The van der Waals surface area contributed by atoms with Gasteiger partial charge in [0.2, 0.25) is 0 Å². The van der Waals surface area contributed by atoms with E-state index in [0.29, 0.717) is 11.3 Å². The van der Waals surface area contributed by atoms with Gasteiger partial charge in [0.05, 0.1) is 0 Å². The van der Waals surface area contributed by atoms with E-state index in [9.17, 15) is 0 Å². The Bertz CT molecular complexity index is 156. The highest BCUT2D eigenvalue weighted by Crippen LogP contribution is 2.37. The Kier molecular flexibility index (Phi) is 3.00. The van der Waals surface area contributed by atoms with E-state index in [1.54, 1.807) is 5.57 Å². The highest BCUT2D eigenvalue weighted by Gasteiger charge is 2.23. The molecule has 1 rings (SSSR count). The molecule has 64 valence electrons. The first kappa shape index (κ1) is 9.12. The van der Waals surface area contributed by atoms with E-state index in [0.717, 1.165) is 0 Å². The number of halogens is 1. The first-order chi connectivity index (χ1) is 5.14. The van der Waals surface area contributed by atoms with Gasteiger partial charge in [0, 0.05) is 5.88 Å². The van der Waals surface area contributed by atoms with Crippen LogP contribution >= 0.6 is 11.6 Å².